The summed E-state index contributed by atoms with van der Waals surface area (Å²) in [6, 6.07) is 2.78. The number of phenols is 2. The number of aromatic nitrogens is 4. The number of hydrogen-bond acceptors (Lipinski definition) is 9. The molecule has 3 heterocycles. The maximum Gasteiger partial charge on any atom is 0.229 e. The van der Waals surface area contributed by atoms with Gasteiger partial charge in [-0.05, 0) is 46.2 Å². The molecule has 30 heavy (non-hydrogen) atoms. The molecule has 10 nitrogen and oxygen atoms in total. The summed E-state index contributed by atoms with van der Waals surface area (Å²) in [4.78, 5) is 39.0. The van der Waals surface area contributed by atoms with Crippen molar-refractivity contribution < 1.29 is 19.8 Å². The number of halogens is 1. The molecule has 1 aromatic carbocycles. The largest absolute Gasteiger partial charge is 0.504 e. The van der Waals surface area contributed by atoms with E-state index in [4.69, 9.17) is 5.73 Å². The number of anilines is 1. The number of rotatable bonds is 5. The normalized spacial score (nSPS) is 14.6. The van der Waals surface area contributed by atoms with Crippen LogP contribution in [0.25, 0.3) is 11.5 Å². The van der Waals surface area contributed by atoms with Gasteiger partial charge in [-0.3, -0.25) is 14.5 Å². The summed E-state index contributed by atoms with van der Waals surface area (Å²) < 4.78 is 2.26. The second-order valence-electron chi connectivity index (χ2n) is 6.67. The lowest BCUT2D eigenvalue weighted by atomic mass is 10.1. The van der Waals surface area contributed by atoms with Crippen LogP contribution in [-0.4, -0.2) is 53.0 Å². The van der Waals surface area contributed by atoms with Crippen LogP contribution in [0.2, 0.25) is 0 Å². The van der Waals surface area contributed by atoms with E-state index in [1.54, 1.807) is 4.57 Å². The molecule has 0 saturated carbocycles. The van der Waals surface area contributed by atoms with Gasteiger partial charge in [0.25, 0.3) is 0 Å². The smallest absolute Gasteiger partial charge is 0.229 e. The van der Waals surface area contributed by atoms with Gasteiger partial charge < -0.3 is 20.5 Å². The number of phenolic OH excluding ortho intramolecular Hbond substituents is 2. The van der Waals surface area contributed by atoms with E-state index < -0.39 is 0 Å². The summed E-state index contributed by atoms with van der Waals surface area (Å²) in [7, 11) is 0. The highest BCUT2D eigenvalue weighted by molar-refractivity contribution is 9.10. The van der Waals surface area contributed by atoms with E-state index in [1.165, 1.54) is 35.1 Å². The minimum absolute atomic E-state index is 0.173. The third-order valence-corrected chi connectivity index (χ3v) is 6.49. The van der Waals surface area contributed by atoms with Crippen molar-refractivity contribution in [2.45, 2.75) is 35.9 Å². The standard InChI is InChI=1S/C18H17BrN6O4S/c19-9-6-10(26)11(27)7-12(9)30-18-22-15-16(20)21-8-24(17(15)23-18)4-5-25-13(28)2-1-3-14(25)29/h6-8,26-27H,1-5,20H2. The predicted molar refractivity (Wildman–Crippen MR) is 111 cm³/mol. The summed E-state index contributed by atoms with van der Waals surface area (Å²) in [5.74, 6) is -0.169. The van der Waals surface area contributed by atoms with Crippen molar-refractivity contribution in [3.8, 4) is 23.0 Å². The van der Waals surface area contributed by atoms with Gasteiger partial charge in [0.1, 0.15) is 0 Å². The van der Waals surface area contributed by atoms with Crippen molar-refractivity contribution in [1.82, 2.24) is 24.4 Å². The van der Waals surface area contributed by atoms with Crippen molar-refractivity contribution in [1.29, 1.82) is 0 Å². The Hall–Kier alpha value is -2.86. The van der Waals surface area contributed by atoms with Gasteiger partial charge in [-0.1, -0.05) is 0 Å². The molecule has 0 atom stereocenters. The lowest BCUT2D eigenvalue weighted by Crippen LogP contribution is -2.42. The van der Waals surface area contributed by atoms with Gasteiger partial charge >= 0.3 is 0 Å². The monoisotopic (exact) mass is 492 g/mol. The zero-order valence-electron chi connectivity index (χ0n) is 15.6. The van der Waals surface area contributed by atoms with Crippen LogP contribution in [0.15, 0.2) is 33.0 Å². The molecule has 3 aliphatic heterocycles. The molecule has 1 saturated heterocycles. The Morgan fingerprint density at radius 3 is 2.53 bits per heavy atom. The molecule has 0 bridgehead atoms. The number of hydrogen-bond donors (Lipinski definition) is 3. The molecule has 4 rings (SSSR count). The fraction of sp³-hybridized carbons (Fsp3) is 0.278. The average molecular weight is 493 g/mol. The quantitative estimate of drug-likeness (QED) is 0.360. The molecule has 0 spiro atoms. The Morgan fingerprint density at radius 1 is 1.10 bits per heavy atom. The zero-order valence-corrected chi connectivity index (χ0v) is 18.0. The Morgan fingerprint density at radius 2 is 1.80 bits per heavy atom. The first-order valence-electron chi connectivity index (χ1n) is 9.04. The number of carbonyl (C=O) groups excluding carboxylic acids is 2. The van der Waals surface area contributed by atoms with Crippen molar-refractivity contribution in [3.63, 3.8) is 0 Å². The first-order chi connectivity index (χ1) is 14.3. The SMILES string of the molecule is Nc1ncn(CCN2C(=O)CCCC2=O)c2nc(Sc3cc(O)c(O)cc3Br)nc1-2. The van der Waals surface area contributed by atoms with Gasteiger partial charge in [0.2, 0.25) is 11.8 Å². The van der Waals surface area contributed by atoms with E-state index in [2.05, 4.69) is 30.9 Å². The molecule has 1 aromatic rings. The molecule has 0 unspecified atom stereocenters. The third-order valence-electron chi connectivity index (χ3n) is 4.65. The number of imidazole rings is 1. The highest BCUT2D eigenvalue weighted by atomic mass is 79.9. The number of aromatic hydroxyl groups is 2. The second-order valence-corrected chi connectivity index (χ2v) is 8.53. The number of imide groups is 1. The number of likely N-dealkylation sites (tertiary alicyclic amines) is 1. The number of fused-ring (bicyclic) bond motifs is 1. The van der Waals surface area contributed by atoms with Crippen molar-refractivity contribution in [2.24, 2.45) is 0 Å². The molecule has 2 amide bonds. The fourth-order valence-corrected chi connectivity index (χ4v) is 4.48. The summed E-state index contributed by atoms with van der Waals surface area (Å²) in [5.41, 5.74) is 6.35. The van der Waals surface area contributed by atoms with E-state index in [9.17, 15) is 19.8 Å². The van der Waals surface area contributed by atoms with Crippen LogP contribution in [0.5, 0.6) is 11.5 Å². The number of carbonyl (C=O) groups is 2. The molecule has 0 radical (unpaired) electrons. The molecule has 1 fully saturated rings. The summed E-state index contributed by atoms with van der Waals surface area (Å²) in [6.45, 7) is 0.531. The van der Waals surface area contributed by atoms with E-state index in [-0.39, 0.29) is 35.7 Å². The molecule has 4 N–H and O–H groups in total. The average Bonchev–Trinajstić information content (AvgIpc) is 3.12. The second kappa shape index (κ2) is 8.11. The predicted octanol–water partition coefficient (Wildman–Crippen LogP) is 2.22. The third kappa shape index (κ3) is 3.92. The number of benzene rings is 1. The molecule has 12 heteroatoms. The molecule has 0 aliphatic carbocycles. The number of nitrogens with zero attached hydrogens (tertiary/aromatic N) is 5. The number of amides is 2. The first-order valence-corrected chi connectivity index (χ1v) is 10.7. The van der Waals surface area contributed by atoms with E-state index in [0.29, 0.717) is 51.9 Å². The number of nitrogens with two attached hydrogens (primary N) is 1. The van der Waals surface area contributed by atoms with Crippen LogP contribution >= 0.6 is 27.7 Å². The molecular weight excluding hydrogens is 476 g/mol. The van der Waals surface area contributed by atoms with Crippen LogP contribution < -0.4 is 5.73 Å². The Kier molecular flexibility index (Phi) is 5.52. The molecule has 156 valence electrons. The van der Waals surface area contributed by atoms with Gasteiger partial charge in [0, 0.05) is 35.3 Å². The van der Waals surface area contributed by atoms with Gasteiger partial charge in [-0.2, -0.15) is 0 Å². The lowest BCUT2D eigenvalue weighted by Gasteiger charge is -2.25. The van der Waals surface area contributed by atoms with Crippen molar-refractivity contribution in [2.75, 3.05) is 12.3 Å². The van der Waals surface area contributed by atoms with Crippen molar-refractivity contribution >= 4 is 45.3 Å². The fourth-order valence-electron chi connectivity index (χ4n) is 3.11. The molecule has 0 aromatic heterocycles. The van der Waals surface area contributed by atoms with Crippen LogP contribution in [0, 0.1) is 0 Å². The molecule has 3 aliphatic rings. The van der Waals surface area contributed by atoms with Gasteiger partial charge in [0.05, 0.1) is 6.33 Å². The Labute approximate surface area is 183 Å². The topological polar surface area (TPSA) is 147 Å². The van der Waals surface area contributed by atoms with E-state index >= 15 is 0 Å². The number of nitrogen functional groups attached to an aromatic ring is 1. The zero-order chi connectivity index (χ0) is 21.4. The lowest BCUT2D eigenvalue weighted by molar-refractivity contribution is -0.148. The van der Waals surface area contributed by atoms with Gasteiger partial charge in [-0.15, -0.1) is 0 Å². The Bertz CT molecular complexity index is 1100. The number of piperidine rings is 1. The summed E-state index contributed by atoms with van der Waals surface area (Å²) in [6.07, 6.45) is 2.84. The Balaban J connectivity index is 1.60. The maximum absolute atomic E-state index is 12.0. The van der Waals surface area contributed by atoms with Crippen molar-refractivity contribution in [3.05, 3.63) is 22.9 Å². The van der Waals surface area contributed by atoms with Gasteiger partial charge in [-0.25, -0.2) is 15.0 Å². The van der Waals surface area contributed by atoms with E-state index in [1.807, 2.05) is 0 Å². The van der Waals surface area contributed by atoms with E-state index in [0.717, 1.165) is 0 Å². The highest BCUT2D eigenvalue weighted by Gasteiger charge is 2.26. The van der Waals surface area contributed by atoms with Crippen LogP contribution in [0.1, 0.15) is 19.3 Å². The summed E-state index contributed by atoms with van der Waals surface area (Å²) in [5, 5.41) is 19.7. The minimum Gasteiger partial charge on any atom is -0.504 e. The van der Waals surface area contributed by atoms with Crippen LogP contribution in [0.4, 0.5) is 5.82 Å². The highest BCUT2D eigenvalue weighted by Crippen LogP contribution is 2.40. The van der Waals surface area contributed by atoms with Gasteiger partial charge in [0.15, 0.2) is 34.0 Å². The summed E-state index contributed by atoms with van der Waals surface area (Å²) >= 11 is 4.50. The minimum atomic E-state index is -0.260. The van der Waals surface area contributed by atoms with Crippen LogP contribution in [0.3, 0.4) is 0 Å². The first kappa shape index (κ1) is 20.4. The van der Waals surface area contributed by atoms with Crippen LogP contribution in [-0.2, 0) is 16.1 Å². The molecular formula is C18H17BrN6O4S. The maximum atomic E-state index is 12.0.